The summed E-state index contributed by atoms with van der Waals surface area (Å²) in [5.41, 5.74) is 4.11. The zero-order valence-electron chi connectivity index (χ0n) is 28.4. The second-order valence-corrected chi connectivity index (χ2v) is 13.0. The zero-order valence-corrected chi connectivity index (χ0v) is 29.2. The molecule has 2 heterocycles. The highest BCUT2D eigenvalue weighted by Crippen LogP contribution is 2.26. The van der Waals surface area contributed by atoms with Gasteiger partial charge >= 0.3 is 0 Å². The Morgan fingerprint density at radius 2 is 1.89 bits per heavy atom. The minimum absolute atomic E-state index is 0.149. The van der Waals surface area contributed by atoms with Crippen LogP contribution in [0.15, 0.2) is 60.4 Å². The van der Waals surface area contributed by atoms with E-state index in [1.54, 1.807) is 0 Å². The van der Waals surface area contributed by atoms with Crippen molar-refractivity contribution in [3.8, 4) is 23.1 Å². The number of carbonyl (C=O) groups excluding carboxylic acids is 1. The molecule has 1 aromatic carbocycles. The molecule has 0 spiro atoms. The Balaban J connectivity index is 0.000000477. The van der Waals surface area contributed by atoms with Crippen LogP contribution >= 0.6 is 11.3 Å². The molecule has 3 atom stereocenters. The van der Waals surface area contributed by atoms with Crippen molar-refractivity contribution in [1.82, 2.24) is 14.9 Å². The molecule has 2 N–H and O–H groups in total. The molecule has 0 saturated heterocycles. The highest BCUT2D eigenvalue weighted by molar-refractivity contribution is 7.14. The van der Waals surface area contributed by atoms with Crippen molar-refractivity contribution < 1.29 is 9.53 Å². The van der Waals surface area contributed by atoms with Crippen molar-refractivity contribution >= 4 is 22.4 Å². The van der Waals surface area contributed by atoms with E-state index in [9.17, 15) is 4.79 Å². The molecule has 0 bridgehead atoms. The zero-order chi connectivity index (χ0) is 32.7. The van der Waals surface area contributed by atoms with E-state index in [-0.39, 0.29) is 11.4 Å². The summed E-state index contributed by atoms with van der Waals surface area (Å²) < 4.78 is 7.74. The standard InChI is InChI=1S/C26H30N4OS.C11H24O/c1-6-7-8-13-26(4,5)30-14-12-22(17-30)24(31)27-16-20(3)28-25-29-23(18-32-25)21-11-9-10-19(2)15-21;1-6-9(3)8-11(5)12-10(4)7-2/h9-12,14-15,17-18H,3,6-7,16H2,1-2,4-5H3,(H,27,31)(H,28,29);9-11H,6-8H2,1-5H3. The van der Waals surface area contributed by atoms with Gasteiger partial charge < -0.3 is 19.9 Å². The number of hydrogen-bond donors (Lipinski definition) is 2. The van der Waals surface area contributed by atoms with E-state index in [0.717, 1.165) is 41.6 Å². The molecule has 0 fully saturated rings. The van der Waals surface area contributed by atoms with E-state index in [4.69, 9.17) is 4.74 Å². The Morgan fingerprint density at radius 3 is 2.55 bits per heavy atom. The van der Waals surface area contributed by atoms with E-state index >= 15 is 0 Å². The molecule has 7 heteroatoms. The molecule has 0 radical (unpaired) electrons. The molecular formula is C37H54N4O2S. The fourth-order valence-corrected chi connectivity index (χ4v) is 5.15. The number of hydrogen-bond acceptors (Lipinski definition) is 5. The van der Waals surface area contributed by atoms with Gasteiger partial charge in [-0.15, -0.1) is 17.3 Å². The van der Waals surface area contributed by atoms with E-state index in [1.165, 1.54) is 29.7 Å². The lowest BCUT2D eigenvalue weighted by molar-refractivity contribution is -0.00472. The van der Waals surface area contributed by atoms with E-state index in [2.05, 4.69) is 94.6 Å². The summed E-state index contributed by atoms with van der Waals surface area (Å²) in [6.07, 6.45) is 10.1. The lowest BCUT2D eigenvalue weighted by atomic mass is 10.0. The van der Waals surface area contributed by atoms with Gasteiger partial charge in [-0.3, -0.25) is 4.79 Å². The van der Waals surface area contributed by atoms with Crippen LogP contribution in [0.3, 0.4) is 0 Å². The number of amides is 1. The number of rotatable bonds is 14. The number of thiazole rings is 1. The fourth-order valence-electron chi connectivity index (χ4n) is 4.38. The number of anilines is 1. The maximum Gasteiger partial charge on any atom is 0.253 e. The third-order valence-electron chi connectivity index (χ3n) is 7.40. The Kier molecular flexibility index (Phi) is 15.5. The molecule has 240 valence electrons. The van der Waals surface area contributed by atoms with Crippen LogP contribution in [0.2, 0.25) is 0 Å². The van der Waals surface area contributed by atoms with Gasteiger partial charge in [-0.05, 0) is 71.9 Å². The first-order chi connectivity index (χ1) is 20.9. The van der Waals surface area contributed by atoms with E-state index in [0.29, 0.717) is 30.0 Å². The molecule has 3 aromatic rings. The second-order valence-electron chi connectivity index (χ2n) is 12.2. The maximum atomic E-state index is 12.6. The van der Waals surface area contributed by atoms with Crippen molar-refractivity contribution in [1.29, 1.82) is 0 Å². The third-order valence-corrected chi connectivity index (χ3v) is 8.16. The predicted molar refractivity (Wildman–Crippen MR) is 188 cm³/mol. The lowest BCUT2D eigenvalue weighted by Gasteiger charge is -2.20. The minimum atomic E-state index is -0.362. The van der Waals surface area contributed by atoms with Gasteiger partial charge in [0.05, 0.1) is 35.5 Å². The quantitative estimate of drug-likeness (QED) is 0.177. The smallest absolute Gasteiger partial charge is 0.253 e. The topological polar surface area (TPSA) is 68.2 Å². The highest BCUT2D eigenvalue weighted by atomic mass is 32.1. The molecule has 0 aliphatic heterocycles. The van der Waals surface area contributed by atoms with Crippen molar-refractivity contribution in [2.45, 2.75) is 112 Å². The second kappa shape index (κ2) is 18.5. The van der Waals surface area contributed by atoms with Gasteiger partial charge in [0.25, 0.3) is 5.91 Å². The molecule has 0 saturated carbocycles. The van der Waals surface area contributed by atoms with Crippen LogP contribution in [-0.2, 0) is 10.3 Å². The van der Waals surface area contributed by atoms with Crippen LogP contribution in [-0.4, -0.2) is 34.2 Å². The Labute approximate surface area is 270 Å². The van der Waals surface area contributed by atoms with Gasteiger partial charge in [0.15, 0.2) is 5.13 Å². The van der Waals surface area contributed by atoms with Gasteiger partial charge in [-0.1, -0.05) is 70.4 Å². The Hall–Kier alpha value is -3.34. The summed E-state index contributed by atoms with van der Waals surface area (Å²) >= 11 is 1.51. The molecule has 1 amide bonds. The molecular weight excluding hydrogens is 565 g/mol. The first-order valence-electron chi connectivity index (χ1n) is 16.0. The fraction of sp³-hybridized carbons (Fsp3) is 0.514. The number of ether oxygens (including phenoxy) is 1. The van der Waals surface area contributed by atoms with Gasteiger partial charge in [0.2, 0.25) is 0 Å². The third kappa shape index (κ3) is 12.7. The highest BCUT2D eigenvalue weighted by Gasteiger charge is 2.18. The van der Waals surface area contributed by atoms with Crippen LogP contribution < -0.4 is 10.6 Å². The van der Waals surface area contributed by atoms with Crippen molar-refractivity contribution in [2.75, 3.05) is 11.9 Å². The van der Waals surface area contributed by atoms with Crippen molar-refractivity contribution in [2.24, 2.45) is 5.92 Å². The average molecular weight is 619 g/mol. The van der Waals surface area contributed by atoms with E-state index in [1.807, 2.05) is 54.4 Å². The van der Waals surface area contributed by atoms with Gasteiger partial charge in [0.1, 0.15) is 0 Å². The summed E-state index contributed by atoms with van der Waals surface area (Å²) in [6.45, 7) is 23.6. The number of nitrogens with zero attached hydrogens (tertiary/aromatic N) is 2. The number of aromatic nitrogens is 2. The van der Waals surface area contributed by atoms with Gasteiger partial charge in [-0.2, -0.15) is 0 Å². The first kappa shape index (κ1) is 36.8. The molecule has 3 unspecified atom stereocenters. The molecule has 0 aliphatic rings. The van der Waals surface area contributed by atoms with Crippen LogP contribution in [0.4, 0.5) is 5.13 Å². The van der Waals surface area contributed by atoms with Crippen LogP contribution in [0, 0.1) is 24.7 Å². The van der Waals surface area contributed by atoms with Crippen molar-refractivity contribution in [3.63, 3.8) is 0 Å². The Bertz CT molecular complexity index is 1370. The van der Waals surface area contributed by atoms with Crippen LogP contribution in [0.25, 0.3) is 11.3 Å². The summed E-state index contributed by atoms with van der Waals surface area (Å²) in [5.74, 6) is 7.11. The summed E-state index contributed by atoms with van der Waals surface area (Å²) in [5, 5.41) is 8.86. The number of aryl methyl sites for hydroxylation is 1. The maximum absolute atomic E-state index is 12.6. The largest absolute Gasteiger partial charge is 0.376 e. The molecule has 44 heavy (non-hydrogen) atoms. The molecule has 2 aromatic heterocycles. The lowest BCUT2D eigenvalue weighted by Crippen LogP contribution is -2.27. The molecule has 0 aliphatic carbocycles. The Morgan fingerprint density at radius 1 is 1.14 bits per heavy atom. The van der Waals surface area contributed by atoms with Gasteiger partial charge in [0, 0.05) is 35.5 Å². The number of unbranched alkanes of at least 4 members (excludes halogenated alkanes) is 1. The molecule has 3 rings (SSSR count). The van der Waals surface area contributed by atoms with Crippen molar-refractivity contribution in [3.05, 3.63) is 71.5 Å². The van der Waals surface area contributed by atoms with Crippen LogP contribution in [0.5, 0.6) is 0 Å². The predicted octanol–water partition coefficient (Wildman–Crippen LogP) is 9.44. The summed E-state index contributed by atoms with van der Waals surface area (Å²) in [7, 11) is 0. The average Bonchev–Trinajstić information content (AvgIpc) is 3.67. The number of benzene rings is 1. The summed E-state index contributed by atoms with van der Waals surface area (Å²) in [4.78, 5) is 17.2. The molecule has 6 nitrogen and oxygen atoms in total. The SMILES string of the molecule is C=C(CNC(=O)c1ccn(C(C)(C)C#CCCC)c1)Nc1nc(-c2cccc(C)c2)cs1.CCC(C)CC(C)OC(C)CC. The normalized spacial score (nSPS) is 13.0. The minimum Gasteiger partial charge on any atom is -0.376 e. The van der Waals surface area contributed by atoms with Crippen LogP contribution in [0.1, 0.15) is 103 Å². The number of carbonyl (C=O) groups is 1. The van der Waals surface area contributed by atoms with Gasteiger partial charge in [-0.25, -0.2) is 4.98 Å². The number of nitrogens with one attached hydrogen (secondary N) is 2. The summed E-state index contributed by atoms with van der Waals surface area (Å²) in [6, 6.07) is 10.1. The monoisotopic (exact) mass is 618 g/mol. The van der Waals surface area contributed by atoms with E-state index < -0.39 is 0 Å². The first-order valence-corrected chi connectivity index (χ1v) is 16.9.